The highest BCUT2D eigenvalue weighted by atomic mass is 32.1. The van der Waals surface area contributed by atoms with Crippen molar-refractivity contribution in [2.45, 2.75) is 5.60 Å². The van der Waals surface area contributed by atoms with Crippen molar-refractivity contribution in [1.29, 1.82) is 0 Å². The van der Waals surface area contributed by atoms with Gasteiger partial charge in [0.1, 0.15) is 0 Å². The fourth-order valence-electron chi connectivity index (χ4n) is 3.47. The van der Waals surface area contributed by atoms with Crippen molar-refractivity contribution in [2.24, 2.45) is 0 Å². The molecule has 0 aliphatic rings. The quantitative estimate of drug-likeness (QED) is 0.494. The second-order valence-electron chi connectivity index (χ2n) is 6.90. The van der Waals surface area contributed by atoms with Gasteiger partial charge in [-0.15, -0.1) is 5.10 Å². The van der Waals surface area contributed by atoms with E-state index in [2.05, 4.69) is 10.1 Å². The van der Waals surface area contributed by atoms with E-state index in [9.17, 15) is 9.90 Å². The Bertz CT molecular complexity index is 1370. The van der Waals surface area contributed by atoms with E-state index in [1.165, 1.54) is 15.9 Å². The number of hydrogen-bond donors (Lipinski definition) is 1. The lowest BCUT2D eigenvalue weighted by molar-refractivity contribution is 0.116. The highest BCUT2D eigenvalue weighted by molar-refractivity contribution is 7.15. The molecule has 0 aliphatic carbocycles. The van der Waals surface area contributed by atoms with Crippen molar-refractivity contribution in [3.63, 3.8) is 0 Å². The second kappa shape index (κ2) is 7.33. The van der Waals surface area contributed by atoms with E-state index < -0.39 is 5.60 Å². The smallest absolute Gasteiger partial charge is 0.291 e. The Morgan fingerprint density at radius 1 is 0.833 bits per heavy atom. The zero-order valence-electron chi connectivity index (χ0n) is 15.8. The molecule has 0 spiro atoms. The van der Waals surface area contributed by atoms with E-state index in [1.54, 1.807) is 0 Å². The minimum atomic E-state index is -1.57. The van der Waals surface area contributed by atoms with E-state index in [0.29, 0.717) is 20.6 Å². The highest BCUT2D eigenvalue weighted by Crippen LogP contribution is 2.34. The lowest BCUT2D eigenvalue weighted by Crippen LogP contribution is -2.31. The second-order valence-corrected chi connectivity index (χ2v) is 7.91. The molecule has 5 aromatic rings. The van der Waals surface area contributed by atoms with E-state index in [-0.39, 0.29) is 11.4 Å². The Morgan fingerprint density at radius 2 is 1.37 bits per heavy atom. The van der Waals surface area contributed by atoms with Gasteiger partial charge in [0.2, 0.25) is 4.96 Å². The van der Waals surface area contributed by atoms with Crippen molar-refractivity contribution in [1.82, 2.24) is 14.6 Å². The Kier molecular flexibility index (Phi) is 4.50. The molecule has 0 fully saturated rings. The van der Waals surface area contributed by atoms with Crippen molar-refractivity contribution in [2.75, 3.05) is 0 Å². The summed E-state index contributed by atoms with van der Waals surface area (Å²) in [7, 11) is 0. The van der Waals surface area contributed by atoms with Crippen LogP contribution in [0.2, 0.25) is 0 Å². The van der Waals surface area contributed by atoms with Gasteiger partial charge in [-0.05, 0) is 22.8 Å². The van der Waals surface area contributed by atoms with Crippen molar-refractivity contribution in [3.8, 4) is 0 Å². The van der Waals surface area contributed by atoms with E-state index in [1.807, 2.05) is 97.1 Å². The molecule has 0 saturated heterocycles. The Labute approximate surface area is 176 Å². The molecule has 6 heteroatoms. The van der Waals surface area contributed by atoms with Gasteiger partial charge in [0.15, 0.2) is 11.4 Å². The van der Waals surface area contributed by atoms with Crippen LogP contribution in [0.4, 0.5) is 0 Å². The molecule has 2 heterocycles. The minimum absolute atomic E-state index is 0.175. The van der Waals surface area contributed by atoms with Crippen LogP contribution in [0.5, 0.6) is 0 Å². The summed E-state index contributed by atoms with van der Waals surface area (Å²) in [5, 5.41) is 16.2. The Hall–Kier alpha value is -3.61. The number of thiazole rings is 1. The summed E-state index contributed by atoms with van der Waals surface area (Å²) in [6.07, 6.45) is 1.82. The van der Waals surface area contributed by atoms with Gasteiger partial charge in [0.05, 0.1) is 4.53 Å². The third-order valence-corrected chi connectivity index (χ3v) is 5.95. The summed E-state index contributed by atoms with van der Waals surface area (Å²) in [5.41, 5.74) is 0.394. The standard InChI is InChI=1S/C24H17N3O2S/c28-21-20(16-17-10-4-1-5-11-17)30-23-25-22(26-27(21)23)24(29,18-12-6-2-7-13-18)19-14-8-3-9-15-19/h1-16,29H/b20-16+. The molecule has 0 saturated carbocycles. The molecule has 5 rings (SSSR count). The van der Waals surface area contributed by atoms with Crippen LogP contribution in [0.3, 0.4) is 0 Å². The molecule has 0 unspecified atom stereocenters. The van der Waals surface area contributed by atoms with Gasteiger partial charge < -0.3 is 5.11 Å². The predicted octanol–water partition coefficient (Wildman–Crippen LogP) is 2.98. The third-order valence-electron chi connectivity index (χ3n) is 4.99. The SMILES string of the molecule is O=c1/c(=C\c2ccccc2)sc2nc(C(O)(c3ccccc3)c3ccccc3)nn12. The van der Waals surface area contributed by atoms with Crippen LogP contribution in [0.15, 0.2) is 95.8 Å². The van der Waals surface area contributed by atoms with Crippen LogP contribution in [-0.4, -0.2) is 19.7 Å². The summed E-state index contributed by atoms with van der Waals surface area (Å²) in [5.74, 6) is 0.175. The maximum atomic E-state index is 12.9. The van der Waals surface area contributed by atoms with Gasteiger partial charge in [-0.25, -0.2) is 0 Å². The fourth-order valence-corrected chi connectivity index (χ4v) is 4.38. The number of aromatic nitrogens is 3. The number of hydrogen-bond acceptors (Lipinski definition) is 5. The molecule has 0 bridgehead atoms. The average molecular weight is 411 g/mol. The van der Waals surface area contributed by atoms with Crippen LogP contribution >= 0.6 is 11.3 Å². The summed E-state index contributed by atoms with van der Waals surface area (Å²) >= 11 is 1.26. The minimum Gasteiger partial charge on any atom is -0.373 e. The van der Waals surface area contributed by atoms with E-state index >= 15 is 0 Å². The molecule has 2 aromatic heterocycles. The van der Waals surface area contributed by atoms with Crippen molar-refractivity contribution < 1.29 is 5.11 Å². The first-order valence-electron chi connectivity index (χ1n) is 9.46. The van der Waals surface area contributed by atoms with Gasteiger partial charge in [0.25, 0.3) is 5.56 Å². The van der Waals surface area contributed by atoms with Gasteiger partial charge in [-0.2, -0.15) is 9.50 Å². The topological polar surface area (TPSA) is 67.5 Å². The van der Waals surface area contributed by atoms with E-state index in [4.69, 9.17) is 0 Å². The van der Waals surface area contributed by atoms with Gasteiger partial charge in [-0.3, -0.25) is 4.79 Å². The third kappa shape index (κ3) is 3.03. The zero-order chi connectivity index (χ0) is 20.6. The van der Waals surface area contributed by atoms with Crippen LogP contribution < -0.4 is 10.1 Å². The largest absolute Gasteiger partial charge is 0.373 e. The van der Waals surface area contributed by atoms with E-state index in [0.717, 1.165) is 5.56 Å². The predicted molar refractivity (Wildman–Crippen MR) is 117 cm³/mol. The monoisotopic (exact) mass is 411 g/mol. The molecule has 0 amide bonds. The molecule has 0 atom stereocenters. The van der Waals surface area contributed by atoms with Crippen molar-refractivity contribution >= 4 is 22.4 Å². The molecule has 0 radical (unpaired) electrons. The number of fused-ring (bicyclic) bond motifs is 1. The first kappa shape index (κ1) is 18.4. The molecular weight excluding hydrogens is 394 g/mol. The molecule has 0 aliphatic heterocycles. The molecule has 5 nitrogen and oxygen atoms in total. The van der Waals surface area contributed by atoms with Crippen LogP contribution in [0, 0.1) is 0 Å². The summed E-state index contributed by atoms with van der Waals surface area (Å²) in [6, 6.07) is 28.1. The summed E-state index contributed by atoms with van der Waals surface area (Å²) in [4.78, 5) is 17.9. The van der Waals surface area contributed by atoms with Crippen LogP contribution in [0.25, 0.3) is 11.0 Å². The van der Waals surface area contributed by atoms with Crippen molar-refractivity contribution in [3.05, 3.63) is 128 Å². The first-order chi connectivity index (χ1) is 14.7. The highest BCUT2D eigenvalue weighted by Gasteiger charge is 2.38. The number of aliphatic hydroxyl groups is 1. The normalized spacial score (nSPS) is 12.5. The maximum absolute atomic E-state index is 12.9. The number of nitrogens with zero attached hydrogens (tertiary/aromatic N) is 3. The molecule has 146 valence electrons. The molecule has 1 N–H and O–H groups in total. The van der Waals surface area contributed by atoms with Crippen LogP contribution in [0.1, 0.15) is 22.5 Å². The van der Waals surface area contributed by atoms with Crippen LogP contribution in [-0.2, 0) is 5.60 Å². The average Bonchev–Trinajstić information content (AvgIpc) is 3.35. The number of rotatable bonds is 4. The fraction of sp³-hybridized carbons (Fsp3) is 0.0417. The van der Waals surface area contributed by atoms with Gasteiger partial charge >= 0.3 is 0 Å². The molecular formula is C24H17N3O2S. The molecule has 30 heavy (non-hydrogen) atoms. The van der Waals surface area contributed by atoms with Gasteiger partial charge in [0, 0.05) is 0 Å². The zero-order valence-corrected chi connectivity index (χ0v) is 16.7. The lowest BCUT2D eigenvalue weighted by Gasteiger charge is -2.26. The first-order valence-corrected chi connectivity index (χ1v) is 10.3. The summed E-state index contributed by atoms with van der Waals surface area (Å²) in [6.45, 7) is 0. The maximum Gasteiger partial charge on any atom is 0.291 e. The Morgan fingerprint density at radius 3 is 1.90 bits per heavy atom. The van der Waals surface area contributed by atoms with Gasteiger partial charge in [-0.1, -0.05) is 102 Å². The summed E-state index contributed by atoms with van der Waals surface area (Å²) < 4.78 is 1.82. The Balaban J connectivity index is 1.69. The lowest BCUT2D eigenvalue weighted by atomic mass is 9.86. The molecule has 3 aromatic carbocycles. The number of benzene rings is 3.